The first kappa shape index (κ1) is 25.3. The average molecular weight is 466 g/mol. The molecule has 1 N–H and O–H groups in total. The van der Waals surface area contributed by atoms with Crippen LogP contribution in [0.3, 0.4) is 0 Å². The Bertz CT molecular complexity index is 1070. The lowest BCUT2D eigenvalue weighted by atomic mass is 10.2. The molecule has 8 nitrogen and oxygen atoms in total. The summed E-state index contributed by atoms with van der Waals surface area (Å²) in [6, 6.07) is 8.76. The first-order valence-corrected chi connectivity index (χ1v) is 11.6. The van der Waals surface area contributed by atoms with Crippen molar-refractivity contribution in [3.63, 3.8) is 0 Å². The standard InChI is InChI=1S/C22H28FN3O5S/c1-6-26(7-2)32(29,30)18-12-13-20(23)19(14-18)21(27)31-17-10-8-16(9-11-17)25(5)22(28)24-15(3)4/h8-15H,6-7H2,1-5H3,(H,24,28). The molecule has 0 fully saturated rings. The number of esters is 1. The summed E-state index contributed by atoms with van der Waals surface area (Å²) < 4.78 is 46.1. The number of hydrogen-bond acceptors (Lipinski definition) is 5. The van der Waals surface area contributed by atoms with Gasteiger partial charge in [-0.3, -0.25) is 4.90 Å². The molecule has 10 heteroatoms. The van der Waals surface area contributed by atoms with Crippen molar-refractivity contribution in [1.29, 1.82) is 0 Å². The lowest BCUT2D eigenvalue weighted by molar-refractivity contribution is 0.0729. The molecule has 2 rings (SSSR count). The quantitative estimate of drug-likeness (QED) is 0.474. The molecule has 0 aliphatic heterocycles. The first-order valence-electron chi connectivity index (χ1n) is 10.2. The first-order chi connectivity index (χ1) is 15.0. The number of amides is 2. The molecule has 32 heavy (non-hydrogen) atoms. The van der Waals surface area contributed by atoms with Crippen LogP contribution in [0, 0.1) is 5.82 Å². The minimum atomic E-state index is -3.86. The number of rotatable bonds is 8. The molecule has 0 spiro atoms. The summed E-state index contributed by atoms with van der Waals surface area (Å²) in [6.45, 7) is 7.55. The molecule has 0 bridgehead atoms. The molecule has 0 atom stereocenters. The van der Waals surface area contributed by atoms with Crippen LogP contribution in [0.5, 0.6) is 5.75 Å². The van der Waals surface area contributed by atoms with Gasteiger partial charge in [-0.2, -0.15) is 4.31 Å². The summed E-state index contributed by atoms with van der Waals surface area (Å²) in [4.78, 5) is 25.8. The highest BCUT2D eigenvalue weighted by Gasteiger charge is 2.25. The van der Waals surface area contributed by atoms with Gasteiger partial charge in [0.15, 0.2) is 0 Å². The van der Waals surface area contributed by atoms with Crippen molar-refractivity contribution in [1.82, 2.24) is 9.62 Å². The van der Waals surface area contributed by atoms with Crippen molar-refractivity contribution in [3.05, 3.63) is 53.8 Å². The van der Waals surface area contributed by atoms with Crippen LogP contribution >= 0.6 is 0 Å². The zero-order valence-electron chi connectivity index (χ0n) is 18.8. The number of anilines is 1. The highest BCUT2D eigenvalue weighted by molar-refractivity contribution is 7.89. The molecule has 0 saturated carbocycles. The highest BCUT2D eigenvalue weighted by atomic mass is 32.2. The van der Waals surface area contributed by atoms with Gasteiger partial charge >= 0.3 is 12.0 Å². The molecule has 0 radical (unpaired) electrons. The minimum absolute atomic E-state index is 0.0265. The lowest BCUT2D eigenvalue weighted by Crippen LogP contribution is -2.40. The number of nitrogens with zero attached hydrogens (tertiary/aromatic N) is 2. The fraction of sp³-hybridized carbons (Fsp3) is 0.364. The summed E-state index contributed by atoms with van der Waals surface area (Å²) >= 11 is 0. The topological polar surface area (TPSA) is 96.0 Å². The summed E-state index contributed by atoms with van der Waals surface area (Å²) in [7, 11) is -2.27. The van der Waals surface area contributed by atoms with E-state index in [1.54, 1.807) is 33.0 Å². The predicted octanol–water partition coefficient (Wildman–Crippen LogP) is 3.63. The molecule has 0 aliphatic rings. The molecule has 2 aromatic rings. The SMILES string of the molecule is CCN(CC)S(=O)(=O)c1ccc(F)c(C(=O)Oc2ccc(N(C)C(=O)NC(C)C)cc2)c1. The van der Waals surface area contributed by atoms with Crippen LogP contribution in [0.15, 0.2) is 47.4 Å². The molecule has 2 aromatic carbocycles. The summed E-state index contributed by atoms with van der Waals surface area (Å²) in [6.07, 6.45) is 0. The Morgan fingerprint density at radius 3 is 2.19 bits per heavy atom. The van der Waals surface area contributed by atoms with Gasteiger partial charge in [0, 0.05) is 31.9 Å². The number of hydrogen-bond donors (Lipinski definition) is 1. The maximum absolute atomic E-state index is 14.3. The van der Waals surface area contributed by atoms with E-state index in [9.17, 15) is 22.4 Å². The summed E-state index contributed by atoms with van der Waals surface area (Å²) in [5.74, 6) is -1.80. The van der Waals surface area contributed by atoms with Gasteiger partial charge in [0.25, 0.3) is 0 Å². The Labute approximate surface area is 188 Å². The van der Waals surface area contributed by atoms with Gasteiger partial charge in [0.1, 0.15) is 11.6 Å². The molecular weight excluding hydrogens is 437 g/mol. The second-order valence-corrected chi connectivity index (χ2v) is 9.22. The van der Waals surface area contributed by atoms with Crippen molar-refractivity contribution in [2.45, 2.75) is 38.6 Å². The third-order valence-electron chi connectivity index (χ3n) is 4.65. The average Bonchev–Trinajstić information content (AvgIpc) is 2.74. The van der Waals surface area contributed by atoms with Gasteiger partial charge in [0.05, 0.1) is 10.5 Å². The largest absolute Gasteiger partial charge is 0.423 e. The van der Waals surface area contributed by atoms with Crippen molar-refractivity contribution in [3.8, 4) is 5.75 Å². The zero-order valence-corrected chi connectivity index (χ0v) is 19.6. The van der Waals surface area contributed by atoms with Crippen molar-refractivity contribution in [2.24, 2.45) is 0 Å². The predicted molar refractivity (Wildman–Crippen MR) is 120 cm³/mol. The fourth-order valence-corrected chi connectivity index (χ4v) is 4.38. The van der Waals surface area contributed by atoms with E-state index in [2.05, 4.69) is 5.32 Å². The monoisotopic (exact) mass is 465 g/mol. The number of urea groups is 1. The Balaban J connectivity index is 2.22. The lowest BCUT2D eigenvalue weighted by Gasteiger charge is -2.20. The molecule has 0 aromatic heterocycles. The van der Waals surface area contributed by atoms with Crippen molar-refractivity contribution < 1.29 is 27.1 Å². The van der Waals surface area contributed by atoms with E-state index in [0.717, 1.165) is 18.2 Å². The Morgan fingerprint density at radius 2 is 1.66 bits per heavy atom. The van der Waals surface area contributed by atoms with Crippen LogP contribution in [-0.4, -0.2) is 50.9 Å². The number of benzene rings is 2. The van der Waals surface area contributed by atoms with E-state index >= 15 is 0 Å². The van der Waals surface area contributed by atoms with E-state index in [0.29, 0.717) is 5.69 Å². The van der Waals surface area contributed by atoms with Gasteiger partial charge < -0.3 is 10.1 Å². The van der Waals surface area contributed by atoms with Crippen LogP contribution in [0.25, 0.3) is 0 Å². The van der Waals surface area contributed by atoms with Crippen LogP contribution in [-0.2, 0) is 10.0 Å². The second-order valence-electron chi connectivity index (χ2n) is 7.28. The highest BCUT2D eigenvalue weighted by Crippen LogP contribution is 2.23. The maximum atomic E-state index is 14.3. The molecule has 0 heterocycles. The van der Waals surface area contributed by atoms with E-state index in [4.69, 9.17) is 4.74 Å². The van der Waals surface area contributed by atoms with Crippen LogP contribution in [0.2, 0.25) is 0 Å². The van der Waals surface area contributed by atoms with Crippen LogP contribution < -0.4 is 15.0 Å². The third kappa shape index (κ3) is 5.83. The van der Waals surface area contributed by atoms with E-state index in [1.165, 1.54) is 21.3 Å². The zero-order chi connectivity index (χ0) is 24.1. The molecule has 2 amide bonds. The van der Waals surface area contributed by atoms with Gasteiger partial charge in [-0.15, -0.1) is 0 Å². The maximum Gasteiger partial charge on any atom is 0.346 e. The van der Waals surface area contributed by atoms with Crippen LogP contribution in [0.1, 0.15) is 38.1 Å². The Morgan fingerprint density at radius 1 is 1.06 bits per heavy atom. The number of sulfonamides is 1. The van der Waals surface area contributed by atoms with E-state index < -0.39 is 27.4 Å². The molecule has 174 valence electrons. The smallest absolute Gasteiger partial charge is 0.346 e. The number of carbonyl (C=O) groups excluding carboxylic acids is 2. The second kappa shape index (κ2) is 10.6. The Kier molecular flexibility index (Phi) is 8.34. The van der Waals surface area contributed by atoms with Gasteiger partial charge in [-0.25, -0.2) is 22.4 Å². The van der Waals surface area contributed by atoms with Gasteiger partial charge in [-0.1, -0.05) is 13.8 Å². The van der Waals surface area contributed by atoms with Crippen molar-refractivity contribution in [2.75, 3.05) is 25.0 Å². The number of halogens is 1. The van der Waals surface area contributed by atoms with Crippen molar-refractivity contribution >= 4 is 27.7 Å². The summed E-state index contributed by atoms with van der Waals surface area (Å²) in [5, 5.41) is 2.76. The number of carbonyl (C=O) groups is 2. The van der Waals surface area contributed by atoms with Crippen LogP contribution in [0.4, 0.5) is 14.9 Å². The van der Waals surface area contributed by atoms with E-state index in [-0.39, 0.29) is 35.8 Å². The molecule has 0 aliphatic carbocycles. The third-order valence-corrected chi connectivity index (χ3v) is 6.70. The fourth-order valence-electron chi connectivity index (χ4n) is 2.89. The summed E-state index contributed by atoms with van der Waals surface area (Å²) in [5.41, 5.74) is 0.0668. The molecule has 0 saturated heterocycles. The number of ether oxygens (including phenoxy) is 1. The van der Waals surface area contributed by atoms with Gasteiger partial charge in [0.2, 0.25) is 10.0 Å². The van der Waals surface area contributed by atoms with Gasteiger partial charge in [-0.05, 0) is 56.3 Å². The molecular formula is C22H28FN3O5S. The normalized spacial score (nSPS) is 11.5. The number of nitrogens with one attached hydrogen (secondary N) is 1. The minimum Gasteiger partial charge on any atom is -0.423 e. The van der Waals surface area contributed by atoms with E-state index in [1.807, 2.05) is 13.8 Å². The Hall–Kier alpha value is -2.98. The molecule has 0 unspecified atom stereocenters.